The molecule has 23 heavy (non-hydrogen) atoms. The average Bonchev–Trinajstić information content (AvgIpc) is 2.87. The first kappa shape index (κ1) is 16.5. The molecule has 3 aliphatic rings. The molecule has 3 atom stereocenters. The molecule has 0 aliphatic carbocycles. The van der Waals surface area contributed by atoms with Gasteiger partial charge in [-0.05, 0) is 11.6 Å². The first-order chi connectivity index (χ1) is 11.0. The normalized spacial score (nSPS) is 34.0. The fourth-order valence-corrected chi connectivity index (χ4v) is 4.95. The minimum absolute atomic E-state index is 0.00681. The van der Waals surface area contributed by atoms with Crippen LogP contribution in [0.1, 0.15) is 19.3 Å². The predicted molar refractivity (Wildman–Crippen MR) is 87.5 cm³/mol. The Morgan fingerprint density at radius 1 is 1.52 bits per heavy atom. The standard InChI is InChI=1S/C16H22N2O4S/c1-18(7-3-5-12(18)9-19)6-2-4-11-10-23-14-8-13(20)17(14)15(11)16(21)22/h2,4,12,14,19H,3,5-10H2,1H3/p+1/t12-,14?,18+/m0/s1. The number of thioether (sulfide) groups is 1. The highest BCUT2D eigenvalue weighted by Crippen LogP contribution is 2.40. The fraction of sp³-hybridized carbons (Fsp3) is 0.625. The Bertz CT molecular complexity index is 589. The van der Waals surface area contributed by atoms with Crippen molar-refractivity contribution in [2.75, 3.05) is 32.5 Å². The lowest BCUT2D eigenvalue weighted by Crippen LogP contribution is -2.53. The molecular weight excluding hydrogens is 316 g/mol. The summed E-state index contributed by atoms with van der Waals surface area (Å²) in [6.45, 7) is 1.98. The van der Waals surface area contributed by atoms with Crippen LogP contribution in [0.15, 0.2) is 23.4 Å². The monoisotopic (exact) mass is 339 g/mol. The summed E-state index contributed by atoms with van der Waals surface area (Å²) < 4.78 is 0.793. The second-order valence-electron chi connectivity index (χ2n) is 6.68. The summed E-state index contributed by atoms with van der Waals surface area (Å²) in [6, 6.07) is 0.259. The average molecular weight is 339 g/mol. The van der Waals surface area contributed by atoms with Crippen molar-refractivity contribution in [1.82, 2.24) is 4.90 Å². The van der Waals surface area contributed by atoms with Crippen LogP contribution in [0.25, 0.3) is 0 Å². The number of hydrogen-bond donors (Lipinski definition) is 2. The molecule has 0 aromatic heterocycles. The number of carboxylic acid groups (broad SMARTS) is 1. The minimum atomic E-state index is -1.03. The molecule has 0 aromatic rings. The molecule has 3 heterocycles. The summed E-state index contributed by atoms with van der Waals surface area (Å²) >= 11 is 1.62. The lowest BCUT2D eigenvalue weighted by Gasteiger charge is -2.43. The van der Waals surface area contributed by atoms with Crippen molar-refractivity contribution in [2.24, 2.45) is 0 Å². The van der Waals surface area contributed by atoms with Gasteiger partial charge in [0.25, 0.3) is 0 Å². The van der Waals surface area contributed by atoms with Gasteiger partial charge in [0.15, 0.2) is 0 Å². The molecule has 0 saturated carbocycles. The van der Waals surface area contributed by atoms with Crippen LogP contribution in [-0.2, 0) is 9.59 Å². The number of rotatable bonds is 5. The number of carboxylic acids is 1. The van der Waals surface area contributed by atoms with Crippen LogP contribution in [0.4, 0.5) is 0 Å². The molecule has 3 rings (SSSR count). The van der Waals surface area contributed by atoms with Gasteiger partial charge in [-0.3, -0.25) is 9.69 Å². The number of aliphatic hydroxyl groups is 1. The van der Waals surface area contributed by atoms with Crippen molar-refractivity contribution in [3.8, 4) is 0 Å². The van der Waals surface area contributed by atoms with Crippen LogP contribution in [0, 0.1) is 0 Å². The van der Waals surface area contributed by atoms with Crippen molar-refractivity contribution in [3.05, 3.63) is 23.4 Å². The van der Waals surface area contributed by atoms with E-state index in [1.807, 2.05) is 12.2 Å². The molecule has 6 nitrogen and oxygen atoms in total. The van der Waals surface area contributed by atoms with Gasteiger partial charge in [0, 0.05) is 18.6 Å². The fourth-order valence-electron chi connectivity index (χ4n) is 3.71. The molecule has 1 unspecified atom stereocenters. The molecule has 2 saturated heterocycles. The number of likely N-dealkylation sites (tertiary alicyclic amines) is 1. The first-order valence-corrected chi connectivity index (χ1v) is 9.03. The third-order valence-corrected chi connectivity index (χ3v) is 6.46. The van der Waals surface area contributed by atoms with Gasteiger partial charge in [0.2, 0.25) is 5.91 Å². The molecule has 0 spiro atoms. The maximum Gasteiger partial charge on any atom is 0.352 e. The van der Waals surface area contributed by atoms with Gasteiger partial charge >= 0.3 is 5.97 Å². The number of allylic oxidation sites excluding steroid dienone is 1. The Morgan fingerprint density at radius 2 is 2.30 bits per heavy atom. The zero-order valence-electron chi connectivity index (χ0n) is 13.3. The number of likely N-dealkylation sites (N-methyl/N-ethyl adjacent to an activating group) is 1. The van der Waals surface area contributed by atoms with Crippen molar-refractivity contribution in [1.29, 1.82) is 0 Å². The summed E-state index contributed by atoms with van der Waals surface area (Å²) in [6.07, 6.45) is 6.43. The Labute approximate surface area is 140 Å². The lowest BCUT2D eigenvalue weighted by atomic mass is 10.1. The van der Waals surface area contributed by atoms with Gasteiger partial charge in [0.05, 0.1) is 38.5 Å². The maximum absolute atomic E-state index is 11.7. The van der Waals surface area contributed by atoms with Crippen molar-refractivity contribution >= 4 is 23.6 Å². The number of carbonyl (C=O) groups is 2. The van der Waals surface area contributed by atoms with E-state index in [0.717, 1.165) is 30.4 Å². The van der Waals surface area contributed by atoms with E-state index in [-0.39, 0.29) is 29.6 Å². The van der Waals surface area contributed by atoms with Gasteiger partial charge in [0.1, 0.15) is 11.7 Å². The highest BCUT2D eigenvalue weighted by atomic mass is 32.2. The number of carbonyl (C=O) groups excluding carboxylic acids is 1. The topological polar surface area (TPSA) is 77.8 Å². The Kier molecular flexibility index (Phi) is 4.53. The summed E-state index contributed by atoms with van der Waals surface area (Å²) in [5.41, 5.74) is 0.849. The Balaban J connectivity index is 1.76. The minimum Gasteiger partial charge on any atom is -0.477 e. The molecule has 3 aliphatic heterocycles. The van der Waals surface area contributed by atoms with E-state index in [2.05, 4.69) is 7.05 Å². The summed E-state index contributed by atoms with van der Waals surface area (Å²) in [5.74, 6) is -0.512. The number of quaternary nitrogens is 1. The van der Waals surface area contributed by atoms with Gasteiger partial charge in [-0.2, -0.15) is 0 Å². The second-order valence-corrected chi connectivity index (χ2v) is 7.85. The van der Waals surface area contributed by atoms with Crippen LogP contribution in [-0.4, -0.2) is 75.4 Å². The molecule has 0 aromatic carbocycles. The van der Waals surface area contributed by atoms with Crippen LogP contribution >= 0.6 is 11.8 Å². The van der Waals surface area contributed by atoms with E-state index >= 15 is 0 Å². The van der Waals surface area contributed by atoms with E-state index in [4.69, 9.17) is 0 Å². The highest BCUT2D eigenvalue weighted by molar-refractivity contribution is 8.00. The molecule has 1 amide bonds. The van der Waals surface area contributed by atoms with Crippen LogP contribution < -0.4 is 0 Å². The smallest absolute Gasteiger partial charge is 0.352 e. The van der Waals surface area contributed by atoms with Crippen LogP contribution in [0.5, 0.6) is 0 Å². The summed E-state index contributed by atoms with van der Waals surface area (Å²) in [5, 5.41) is 18.9. The first-order valence-electron chi connectivity index (χ1n) is 7.98. The number of β-lactam (4-membered cyclic amide) rings is 1. The summed E-state index contributed by atoms with van der Waals surface area (Å²) in [7, 11) is 2.13. The van der Waals surface area contributed by atoms with Gasteiger partial charge < -0.3 is 14.7 Å². The van der Waals surface area contributed by atoms with Gasteiger partial charge in [-0.25, -0.2) is 4.79 Å². The molecule has 7 heteroatoms. The predicted octanol–water partition coefficient (Wildman–Crippen LogP) is 0.788. The number of amides is 1. The molecule has 2 fully saturated rings. The van der Waals surface area contributed by atoms with Crippen molar-refractivity contribution in [2.45, 2.75) is 30.7 Å². The largest absolute Gasteiger partial charge is 0.477 e. The zero-order valence-corrected chi connectivity index (χ0v) is 14.1. The van der Waals surface area contributed by atoms with Gasteiger partial charge in [-0.1, -0.05) is 6.08 Å². The molecule has 0 radical (unpaired) electrons. The van der Waals surface area contributed by atoms with Crippen molar-refractivity contribution in [3.63, 3.8) is 0 Å². The number of aliphatic carboxylic acids is 1. The Morgan fingerprint density at radius 3 is 2.96 bits per heavy atom. The van der Waals surface area contributed by atoms with Crippen molar-refractivity contribution < 1.29 is 24.3 Å². The number of nitrogens with zero attached hydrogens (tertiary/aromatic N) is 2. The molecule has 0 bridgehead atoms. The zero-order chi connectivity index (χ0) is 16.6. The highest BCUT2D eigenvalue weighted by Gasteiger charge is 2.45. The molecular formula is C16H23N2O4S+. The number of fused-ring (bicyclic) bond motifs is 1. The van der Waals surface area contributed by atoms with E-state index < -0.39 is 5.97 Å². The molecule has 126 valence electrons. The number of aliphatic hydroxyl groups excluding tert-OH is 1. The van der Waals surface area contributed by atoms with Gasteiger partial charge in [-0.15, -0.1) is 11.8 Å². The SMILES string of the molecule is C[N@@+]1(CC=CC2=C(C(=O)O)N3C(=O)CC3SC2)CCC[C@H]1CO. The summed E-state index contributed by atoms with van der Waals surface area (Å²) in [4.78, 5) is 24.7. The van der Waals surface area contributed by atoms with E-state index in [1.165, 1.54) is 4.90 Å². The third-order valence-electron chi connectivity index (χ3n) is 5.22. The molecule has 2 N–H and O–H groups in total. The van der Waals surface area contributed by atoms with Crippen LogP contribution in [0.3, 0.4) is 0 Å². The maximum atomic E-state index is 11.7. The van der Waals surface area contributed by atoms with E-state index in [1.54, 1.807) is 11.8 Å². The lowest BCUT2D eigenvalue weighted by molar-refractivity contribution is -0.916. The Hall–Kier alpha value is -1.31. The third kappa shape index (κ3) is 2.93. The number of hydrogen-bond acceptors (Lipinski definition) is 4. The van der Waals surface area contributed by atoms with E-state index in [9.17, 15) is 19.8 Å². The van der Waals surface area contributed by atoms with Crippen LogP contribution in [0.2, 0.25) is 0 Å². The van der Waals surface area contributed by atoms with E-state index in [0.29, 0.717) is 17.7 Å². The second kappa shape index (κ2) is 6.30. The quantitative estimate of drug-likeness (QED) is 0.572.